The molecule has 2 heterocycles. The summed E-state index contributed by atoms with van der Waals surface area (Å²) in [6.45, 7) is 7.04. The maximum Gasteiger partial charge on any atom is 0.134 e. The molecule has 4 heteroatoms. The van der Waals surface area contributed by atoms with Gasteiger partial charge in [0, 0.05) is 23.0 Å². The van der Waals surface area contributed by atoms with Gasteiger partial charge in [-0.3, -0.25) is 0 Å². The zero-order valence-electron chi connectivity index (χ0n) is 11.9. The van der Waals surface area contributed by atoms with Crippen LogP contribution in [0.25, 0.3) is 11.0 Å². The first kappa shape index (κ1) is 13.3. The van der Waals surface area contributed by atoms with Gasteiger partial charge in [0.15, 0.2) is 0 Å². The van der Waals surface area contributed by atoms with E-state index in [-0.39, 0.29) is 6.04 Å². The van der Waals surface area contributed by atoms with E-state index in [1.54, 1.807) is 11.3 Å². The van der Waals surface area contributed by atoms with Crippen molar-refractivity contribution in [3.8, 4) is 0 Å². The second-order valence-electron chi connectivity index (χ2n) is 5.07. The molecule has 3 nitrogen and oxygen atoms in total. The predicted molar refractivity (Wildman–Crippen MR) is 83.1 cm³/mol. The topological polar surface area (TPSA) is 38.1 Å². The standard InChI is InChI=1S/C16H18N2OS/c1-10-9-20-15(18-10)8-17-12(3)16-11(2)13-6-4-5-7-14(13)19-16/h4-7,9,12,17H,8H2,1-3H3. The minimum atomic E-state index is 0.173. The minimum Gasteiger partial charge on any atom is -0.459 e. The normalized spacial score (nSPS) is 12.9. The van der Waals surface area contributed by atoms with Gasteiger partial charge in [0.25, 0.3) is 0 Å². The van der Waals surface area contributed by atoms with Crippen molar-refractivity contribution in [2.75, 3.05) is 0 Å². The molecule has 0 fully saturated rings. The lowest BCUT2D eigenvalue weighted by Gasteiger charge is -2.11. The summed E-state index contributed by atoms with van der Waals surface area (Å²) < 4.78 is 5.97. The summed E-state index contributed by atoms with van der Waals surface area (Å²) in [5, 5.41) is 7.87. The zero-order chi connectivity index (χ0) is 14.1. The van der Waals surface area contributed by atoms with Crippen molar-refractivity contribution < 1.29 is 4.42 Å². The van der Waals surface area contributed by atoms with Gasteiger partial charge in [-0.2, -0.15) is 0 Å². The molecule has 0 aliphatic heterocycles. The summed E-state index contributed by atoms with van der Waals surface area (Å²) in [5.74, 6) is 1.01. The Bertz CT molecular complexity index is 729. The summed E-state index contributed by atoms with van der Waals surface area (Å²) in [4.78, 5) is 4.47. The Morgan fingerprint density at radius 3 is 2.80 bits per heavy atom. The molecule has 0 saturated heterocycles. The molecule has 0 bridgehead atoms. The fraction of sp³-hybridized carbons (Fsp3) is 0.312. The fourth-order valence-electron chi connectivity index (χ4n) is 2.42. The van der Waals surface area contributed by atoms with Crippen LogP contribution in [0.15, 0.2) is 34.1 Å². The van der Waals surface area contributed by atoms with E-state index in [9.17, 15) is 0 Å². The molecule has 1 atom stereocenters. The first-order valence-corrected chi connectivity index (χ1v) is 7.65. The van der Waals surface area contributed by atoms with Crippen molar-refractivity contribution >= 4 is 22.3 Å². The molecule has 3 rings (SSSR count). The van der Waals surface area contributed by atoms with Crippen molar-refractivity contribution in [3.05, 3.63) is 51.7 Å². The summed E-state index contributed by atoms with van der Waals surface area (Å²) >= 11 is 1.69. The number of thiazole rings is 1. The van der Waals surface area contributed by atoms with Crippen LogP contribution in [-0.2, 0) is 6.54 Å². The number of nitrogens with one attached hydrogen (secondary N) is 1. The number of rotatable bonds is 4. The van der Waals surface area contributed by atoms with E-state index in [4.69, 9.17) is 4.42 Å². The highest BCUT2D eigenvalue weighted by Crippen LogP contribution is 2.29. The van der Waals surface area contributed by atoms with E-state index < -0.39 is 0 Å². The van der Waals surface area contributed by atoms with Crippen molar-refractivity contribution in [2.24, 2.45) is 0 Å². The SMILES string of the molecule is Cc1csc(CNC(C)c2oc3ccccc3c2C)n1. The predicted octanol–water partition coefficient (Wildman–Crippen LogP) is 4.36. The fourth-order valence-corrected chi connectivity index (χ4v) is 3.15. The van der Waals surface area contributed by atoms with Gasteiger partial charge in [-0.25, -0.2) is 4.98 Å². The van der Waals surface area contributed by atoms with Crippen LogP contribution in [-0.4, -0.2) is 4.98 Å². The molecule has 104 valence electrons. The lowest BCUT2D eigenvalue weighted by Crippen LogP contribution is -2.18. The second kappa shape index (κ2) is 5.38. The number of aryl methyl sites for hydroxylation is 2. The van der Waals surface area contributed by atoms with Crippen LogP contribution in [0.1, 0.15) is 35.0 Å². The van der Waals surface area contributed by atoms with E-state index in [0.29, 0.717) is 0 Å². The summed E-state index contributed by atoms with van der Waals surface area (Å²) in [6.07, 6.45) is 0. The van der Waals surface area contributed by atoms with Gasteiger partial charge in [0.05, 0.1) is 6.04 Å². The van der Waals surface area contributed by atoms with Crippen LogP contribution in [0.3, 0.4) is 0 Å². The lowest BCUT2D eigenvalue weighted by molar-refractivity contribution is 0.447. The maximum absolute atomic E-state index is 5.97. The Morgan fingerprint density at radius 2 is 2.10 bits per heavy atom. The van der Waals surface area contributed by atoms with Crippen molar-refractivity contribution in [3.63, 3.8) is 0 Å². The van der Waals surface area contributed by atoms with Gasteiger partial charge >= 0.3 is 0 Å². The molecule has 1 aromatic carbocycles. The number of hydrogen-bond acceptors (Lipinski definition) is 4. The highest BCUT2D eigenvalue weighted by atomic mass is 32.1. The van der Waals surface area contributed by atoms with E-state index in [0.717, 1.165) is 28.6 Å². The molecule has 0 radical (unpaired) electrons. The molecule has 3 aromatic rings. The Balaban J connectivity index is 1.78. The van der Waals surface area contributed by atoms with Crippen LogP contribution >= 0.6 is 11.3 Å². The molecule has 1 unspecified atom stereocenters. The first-order chi connectivity index (χ1) is 9.65. The number of hydrogen-bond donors (Lipinski definition) is 1. The largest absolute Gasteiger partial charge is 0.459 e. The van der Waals surface area contributed by atoms with Crippen LogP contribution in [0.2, 0.25) is 0 Å². The van der Waals surface area contributed by atoms with Crippen molar-refractivity contribution in [2.45, 2.75) is 33.4 Å². The number of nitrogens with zero attached hydrogens (tertiary/aromatic N) is 1. The van der Waals surface area contributed by atoms with Gasteiger partial charge in [0.1, 0.15) is 16.4 Å². The molecule has 0 saturated carbocycles. The number of fused-ring (bicyclic) bond motifs is 1. The molecular weight excluding hydrogens is 268 g/mol. The number of para-hydroxylation sites is 1. The summed E-state index contributed by atoms with van der Waals surface area (Å²) in [5.41, 5.74) is 3.26. The smallest absolute Gasteiger partial charge is 0.134 e. The molecule has 1 N–H and O–H groups in total. The van der Waals surface area contributed by atoms with Crippen LogP contribution in [0, 0.1) is 13.8 Å². The average Bonchev–Trinajstić information content (AvgIpc) is 3.01. The van der Waals surface area contributed by atoms with Gasteiger partial charge in [-0.15, -0.1) is 11.3 Å². The second-order valence-corrected chi connectivity index (χ2v) is 6.02. The monoisotopic (exact) mass is 286 g/mol. The highest BCUT2D eigenvalue weighted by Gasteiger charge is 2.16. The van der Waals surface area contributed by atoms with Crippen molar-refractivity contribution in [1.29, 1.82) is 0 Å². The van der Waals surface area contributed by atoms with E-state index >= 15 is 0 Å². The van der Waals surface area contributed by atoms with Crippen LogP contribution in [0.4, 0.5) is 0 Å². The third-order valence-corrected chi connectivity index (χ3v) is 4.47. The molecular formula is C16H18N2OS. The van der Waals surface area contributed by atoms with E-state index in [2.05, 4.69) is 35.6 Å². The minimum absolute atomic E-state index is 0.173. The Morgan fingerprint density at radius 1 is 1.30 bits per heavy atom. The summed E-state index contributed by atoms with van der Waals surface area (Å²) in [7, 11) is 0. The third-order valence-electron chi connectivity index (χ3n) is 3.50. The number of aromatic nitrogens is 1. The highest BCUT2D eigenvalue weighted by molar-refractivity contribution is 7.09. The Hall–Kier alpha value is -1.65. The van der Waals surface area contributed by atoms with Crippen LogP contribution in [0.5, 0.6) is 0 Å². The Labute approximate surface area is 122 Å². The third kappa shape index (κ3) is 2.49. The molecule has 0 aliphatic rings. The van der Waals surface area contributed by atoms with Gasteiger partial charge in [0.2, 0.25) is 0 Å². The molecule has 20 heavy (non-hydrogen) atoms. The van der Waals surface area contributed by atoms with Gasteiger partial charge in [-0.05, 0) is 32.4 Å². The lowest BCUT2D eigenvalue weighted by atomic mass is 10.1. The summed E-state index contributed by atoms with van der Waals surface area (Å²) in [6, 6.07) is 8.35. The molecule has 0 spiro atoms. The van der Waals surface area contributed by atoms with Gasteiger partial charge < -0.3 is 9.73 Å². The number of furan rings is 1. The van der Waals surface area contributed by atoms with Crippen LogP contribution < -0.4 is 5.32 Å². The Kier molecular flexibility index (Phi) is 3.59. The molecule has 2 aromatic heterocycles. The molecule has 0 aliphatic carbocycles. The quantitative estimate of drug-likeness (QED) is 0.774. The van der Waals surface area contributed by atoms with Crippen molar-refractivity contribution in [1.82, 2.24) is 10.3 Å². The average molecular weight is 286 g/mol. The van der Waals surface area contributed by atoms with Gasteiger partial charge in [-0.1, -0.05) is 18.2 Å². The zero-order valence-corrected chi connectivity index (χ0v) is 12.8. The van der Waals surface area contributed by atoms with E-state index in [1.165, 1.54) is 10.9 Å². The number of benzene rings is 1. The first-order valence-electron chi connectivity index (χ1n) is 6.77. The van der Waals surface area contributed by atoms with E-state index in [1.807, 2.05) is 25.1 Å². The maximum atomic E-state index is 5.97. The molecule has 0 amide bonds.